The van der Waals surface area contributed by atoms with Crippen LogP contribution in [0.25, 0.3) is 0 Å². The molecule has 0 spiro atoms. The summed E-state index contributed by atoms with van der Waals surface area (Å²) in [6.45, 7) is 11.8. The number of amides is 2. The lowest BCUT2D eigenvalue weighted by Gasteiger charge is -2.29. The fourth-order valence-electron chi connectivity index (χ4n) is 3.35. The maximum absolute atomic E-state index is 11.8. The minimum Gasteiger partial charge on any atom is -0.462 e. The van der Waals surface area contributed by atoms with Crippen LogP contribution in [0.15, 0.2) is 24.3 Å². The van der Waals surface area contributed by atoms with Crippen LogP contribution in [-0.2, 0) is 28.5 Å². The fourth-order valence-corrected chi connectivity index (χ4v) is 3.35. The van der Waals surface area contributed by atoms with Crippen LogP contribution in [0.4, 0.5) is 9.59 Å². The Morgan fingerprint density at radius 1 is 0.706 bits per heavy atom. The Balaban J connectivity index is 2.10. The molecule has 2 amide bonds. The third-order valence-electron chi connectivity index (χ3n) is 5.17. The van der Waals surface area contributed by atoms with Crippen LogP contribution in [0, 0.1) is 11.8 Å². The van der Waals surface area contributed by atoms with Gasteiger partial charge in [-0.1, -0.05) is 19.6 Å². The van der Waals surface area contributed by atoms with E-state index in [0.717, 1.165) is 25.7 Å². The second kappa shape index (κ2) is 16.6. The maximum atomic E-state index is 11.8. The van der Waals surface area contributed by atoms with Crippen molar-refractivity contribution in [3.05, 3.63) is 24.3 Å². The Morgan fingerprint density at radius 3 is 1.47 bits per heavy atom. The number of hydrogen-bond donors (Lipinski definition) is 2. The fraction of sp³-hybridized carbons (Fsp3) is 0.667. The molecule has 0 saturated heterocycles. The number of hydrogen-bond acceptors (Lipinski definition) is 8. The first-order valence-electron chi connectivity index (χ1n) is 11.7. The van der Waals surface area contributed by atoms with Crippen molar-refractivity contribution in [3.63, 3.8) is 0 Å². The minimum absolute atomic E-state index is 0.158. The van der Waals surface area contributed by atoms with Crippen LogP contribution in [-0.4, -0.2) is 63.6 Å². The molecule has 2 atom stereocenters. The molecule has 0 aliphatic heterocycles. The summed E-state index contributed by atoms with van der Waals surface area (Å²) in [5.41, 5.74) is 0.658. The first-order valence-corrected chi connectivity index (χ1v) is 11.7. The van der Waals surface area contributed by atoms with E-state index in [9.17, 15) is 19.2 Å². The molecule has 0 aromatic rings. The van der Waals surface area contributed by atoms with Gasteiger partial charge in [-0.2, -0.15) is 0 Å². The van der Waals surface area contributed by atoms with Gasteiger partial charge in [-0.15, -0.1) is 0 Å². The van der Waals surface area contributed by atoms with Gasteiger partial charge in [-0.25, -0.2) is 19.2 Å². The number of esters is 2. The maximum Gasteiger partial charge on any atom is 0.407 e. The molecule has 2 unspecified atom stereocenters. The van der Waals surface area contributed by atoms with Crippen molar-refractivity contribution in [2.24, 2.45) is 11.8 Å². The summed E-state index contributed by atoms with van der Waals surface area (Å²) in [7, 11) is 0. The van der Waals surface area contributed by atoms with Gasteiger partial charge in [0.1, 0.15) is 0 Å². The molecule has 0 heterocycles. The Kier molecular flexibility index (Phi) is 14.1. The average Bonchev–Trinajstić information content (AvgIpc) is 2.80. The van der Waals surface area contributed by atoms with Crippen LogP contribution in [0.5, 0.6) is 0 Å². The van der Waals surface area contributed by atoms with Crippen LogP contribution in [0.1, 0.15) is 52.4 Å². The molecule has 0 bridgehead atoms. The molecule has 1 saturated carbocycles. The zero-order valence-electron chi connectivity index (χ0n) is 20.3. The molecule has 192 valence electrons. The number of carbonyl (C=O) groups excluding carboxylic acids is 4. The first-order chi connectivity index (χ1) is 16.2. The Morgan fingerprint density at radius 2 is 1.09 bits per heavy atom. The lowest BCUT2D eigenvalue weighted by atomic mass is 9.81. The topological polar surface area (TPSA) is 129 Å². The van der Waals surface area contributed by atoms with Crippen LogP contribution < -0.4 is 10.6 Å². The van der Waals surface area contributed by atoms with Crippen molar-refractivity contribution < 1.29 is 38.1 Å². The lowest BCUT2D eigenvalue weighted by Crippen LogP contribution is -2.36. The number of rotatable bonds is 14. The zero-order valence-corrected chi connectivity index (χ0v) is 20.3. The highest BCUT2D eigenvalue weighted by Gasteiger charge is 2.23. The normalized spacial score (nSPS) is 17.1. The standard InChI is InChI=1S/C24H38N2O8/c1-17(2)21(27)31-10-6-12-33-23(29)25-15-19-8-5-9-20(14-19)16-26-24(30)34-13-7-11-32-22(28)18(3)4/h19-20H,1,3,5-16H2,2,4H3,(H,25,29)(H,26,30). The van der Waals surface area contributed by atoms with Crippen molar-refractivity contribution >= 4 is 24.1 Å². The quantitative estimate of drug-likeness (QED) is 0.167. The van der Waals surface area contributed by atoms with E-state index in [2.05, 4.69) is 23.8 Å². The van der Waals surface area contributed by atoms with Gasteiger partial charge in [0.2, 0.25) is 0 Å². The molecule has 34 heavy (non-hydrogen) atoms. The summed E-state index contributed by atoms with van der Waals surface area (Å²) < 4.78 is 20.0. The molecule has 0 radical (unpaired) electrons. The van der Waals surface area contributed by atoms with E-state index in [-0.39, 0.29) is 26.4 Å². The summed E-state index contributed by atoms with van der Waals surface area (Å²) in [6, 6.07) is 0. The van der Waals surface area contributed by atoms with Crippen molar-refractivity contribution in [2.45, 2.75) is 52.4 Å². The van der Waals surface area contributed by atoms with E-state index in [1.165, 1.54) is 0 Å². The molecule has 10 nitrogen and oxygen atoms in total. The van der Waals surface area contributed by atoms with Gasteiger partial charge < -0.3 is 29.6 Å². The number of carbonyl (C=O) groups is 4. The SMILES string of the molecule is C=C(C)C(=O)OCCCOC(=O)NCC1CCCC(CNC(=O)OCCCOC(=O)C(=C)C)C1. The second-order valence-corrected chi connectivity index (χ2v) is 8.47. The van der Waals surface area contributed by atoms with Crippen molar-refractivity contribution in [1.29, 1.82) is 0 Å². The highest BCUT2D eigenvalue weighted by Crippen LogP contribution is 2.28. The predicted molar refractivity (Wildman–Crippen MR) is 125 cm³/mol. The highest BCUT2D eigenvalue weighted by atomic mass is 16.6. The smallest absolute Gasteiger partial charge is 0.407 e. The van der Waals surface area contributed by atoms with Gasteiger partial charge in [0.05, 0.1) is 26.4 Å². The molecule has 0 aromatic carbocycles. The third-order valence-corrected chi connectivity index (χ3v) is 5.17. The van der Waals surface area contributed by atoms with Crippen LogP contribution >= 0.6 is 0 Å². The summed E-state index contributed by atoms with van der Waals surface area (Å²) in [6.07, 6.45) is 3.74. The van der Waals surface area contributed by atoms with Gasteiger partial charge in [-0.05, 0) is 44.9 Å². The zero-order chi connectivity index (χ0) is 25.3. The summed E-state index contributed by atoms with van der Waals surface area (Å²) >= 11 is 0. The number of nitrogens with one attached hydrogen (secondary N) is 2. The molecule has 0 aromatic heterocycles. The minimum atomic E-state index is -0.496. The monoisotopic (exact) mass is 482 g/mol. The molecule has 2 N–H and O–H groups in total. The Bertz CT molecular complexity index is 664. The van der Waals surface area contributed by atoms with Crippen molar-refractivity contribution in [2.75, 3.05) is 39.5 Å². The van der Waals surface area contributed by atoms with Crippen LogP contribution in [0.2, 0.25) is 0 Å². The van der Waals surface area contributed by atoms with Crippen molar-refractivity contribution in [1.82, 2.24) is 10.6 Å². The van der Waals surface area contributed by atoms with Gasteiger partial charge in [-0.3, -0.25) is 0 Å². The van der Waals surface area contributed by atoms with Gasteiger partial charge in [0.25, 0.3) is 0 Å². The Labute approximate surface area is 201 Å². The highest BCUT2D eigenvalue weighted by molar-refractivity contribution is 5.87. The van der Waals surface area contributed by atoms with E-state index in [1.807, 2.05) is 0 Å². The van der Waals surface area contributed by atoms with E-state index in [1.54, 1.807) is 13.8 Å². The lowest BCUT2D eigenvalue weighted by molar-refractivity contribution is -0.140. The molecule has 10 heteroatoms. The largest absolute Gasteiger partial charge is 0.462 e. The van der Waals surface area contributed by atoms with E-state index in [4.69, 9.17) is 18.9 Å². The van der Waals surface area contributed by atoms with Gasteiger partial charge in [0.15, 0.2) is 0 Å². The first kappa shape index (κ1) is 29.0. The van der Waals surface area contributed by atoms with Gasteiger partial charge >= 0.3 is 24.1 Å². The molecule has 1 rings (SSSR count). The molecule has 1 aliphatic carbocycles. The van der Waals surface area contributed by atoms with Crippen LogP contribution in [0.3, 0.4) is 0 Å². The summed E-state index contributed by atoms with van der Waals surface area (Å²) in [4.78, 5) is 46.2. The molecule has 1 fully saturated rings. The van der Waals surface area contributed by atoms with E-state index in [0.29, 0.717) is 48.9 Å². The number of ether oxygens (including phenoxy) is 4. The average molecular weight is 483 g/mol. The summed E-state index contributed by atoms with van der Waals surface area (Å²) in [5.74, 6) is -0.298. The number of alkyl carbamates (subject to hydrolysis) is 2. The summed E-state index contributed by atoms with van der Waals surface area (Å²) in [5, 5.41) is 5.55. The van der Waals surface area contributed by atoms with E-state index < -0.39 is 24.1 Å². The third kappa shape index (κ3) is 13.5. The molecular formula is C24H38N2O8. The molecular weight excluding hydrogens is 444 g/mol. The predicted octanol–water partition coefficient (Wildman–Crippen LogP) is 3.26. The van der Waals surface area contributed by atoms with E-state index >= 15 is 0 Å². The Hall–Kier alpha value is -3.04. The second-order valence-electron chi connectivity index (χ2n) is 8.47. The molecule has 1 aliphatic rings. The van der Waals surface area contributed by atoms with Gasteiger partial charge in [0, 0.05) is 37.1 Å². The van der Waals surface area contributed by atoms with Crippen molar-refractivity contribution in [3.8, 4) is 0 Å².